The number of anilines is 1. The Bertz CT molecular complexity index is 399. The van der Waals surface area contributed by atoms with Crippen LogP contribution in [0.4, 0.5) is 5.95 Å². The highest BCUT2D eigenvalue weighted by atomic mass is 16.5. The number of likely N-dealkylation sites (tertiary alicyclic amines) is 1. The summed E-state index contributed by atoms with van der Waals surface area (Å²) in [5, 5.41) is 3.35. The lowest BCUT2D eigenvalue weighted by atomic mass is 10.1. The van der Waals surface area contributed by atoms with Gasteiger partial charge >= 0.3 is 0 Å². The van der Waals surface area contributed by atoms with E-state index in [4.69, 9.17) is 4.74 Å². The summed E-state index contributed by atoms with van der Waals surface area (Å²) in [7, 11) is 1.72. The molecule has 2 rings (SSSR count). The summed E-state index contributed by atoms with van der Waals surface area (Å²) in [6, 6.07) is 0.562. The molecule has 2 heterocycles. The molecule has 5 heteroatoms. The molecule has 1 aromatic rings. The molecular weight excluding hydrogens is 252 g/mol. The summed E-state index contributed by atoms with van der Waals surface area (Å²) >= 11 is 0. The van der Waals surface area contributed by atoms with E-state index in [0.29, 0.717) is 12.6 Å². The molecule has 0 radical (unpaired) electrons. The quantitative estimate of drug-likeness (QED) is 0.777. The SMILES string of the molecule is COCCNc1nc(C)cn1CC(C)N1CCCCC1. The van der Waals surface area contributed by atoms with Crippen LogP contribution in [0.25, 0.3) is 0 Å². The number of hydrogen-bond donors (Lipinski definition) is 1. The first-order chi connectivity index (χ1) is 9.70. The van der Waals surface area contributed by atoms with Crippen molar-refractivity contribution in [2.45, 2.75) is 45.7 Å². The second-order valence-electron chi connectivity index (χ2n) is 5.72. The van der Waals surface area contributed by atoms with E-state index < -0.39 is 0 Å². The maximum Gasteiger partial charge on any atom is 0.203 e. The Labute approximate surface area is 122 Å². The van der Waals surface area contributed by atoms with Crippen LogP contribution in [0.15, 0.2) is 6.20 Å². The molecule has 1 unspecified atom stereocenters. The third kappa shape index (κ3) is 4.21. The monoisotopic (exact) mass is 280 g/mol. The van der Waals surface area contributed by atoms with Crippen LogP contribution in [0.3, 0.4) is 0 Å². The molecule has 0 amide bonds. The summed E-state index contributed by atoms with van der Waals surface area (Å²) in [5.41, 5.74) is 1.07. The van der Waals surface area contributed by atoms with Gasteiger partial charge in [0, 0.05) is 32.4 Å². The minimum absolute atomic E-state index is 0.562. The molecule has 0 saturated carbocycles. The van der Waals surface area contributed by atoms with Crippen molar-refractivity contribution in [3.8, 4) is 0 Å². The normalized spacial score (nSPS) is 18.1. The van der Waals surface area contributed by atoms with Gasteiger partial charge in [-0.15, -0.1) is 0 Å². The zero-order chi connectivity index (χ0) is 14.4. The van der Waals surface area contributed by atoms with Crippen LogP contribution in [0.2, 0.25) is 0 Å². The molecule has 1 saturated heterocycles. The molecule has 0 bridgehead atoms. The number of hydrogen-bond acceptors (Lipinski definition) is 4. The highest BCUT2D eigenvalue weighted by Gasteiger charge is 2.18. The average Bonchev–Trinajstić information content (AvgIpc) is 2.80. The zero-order valence-electron chi connectivity index (χ0n) is 13.1. The molecule has 1 aliphatic rings. The van der Waals surface area contributed by atoms with E-state index in [1.54, 1.807) is 7.11 Å². The maximum absolute atomic E-state index is 5.08. The molecule has 1 N–H and O–H groups in total. The largest absolute Gasteiger partial charge is 0.383 e. The van der Waals surface area contributed by atoms with Crippen molar-refractivity contribution in [1.82, 2.24) is 14.5 Å². The Morgan fingerprint density at radius 3 is 2.80 bits per heavy atom. The lowest BCUT2D eigenvalue weighted by molar-refractivity contribution is 0.160. The molecular formula is C15H28N4O. The molecule has 0 spiro atoms. The second kappa shape index (κ2) is 7.64. The third-order valence-electron chi connectivity index (χ3n) is 3.96. The van der Waals surface area contributed by atoms with E-state index in [0.717, 1.165) is 24.7 Å². The Morgan fingerprint density at radius 1 is 1.35 bits per heavy atom. The van der Waals surface area contributed by atoms with Gasteiger partial charge in [-0.05, 0) is 39.8 Å². The molecule has 5 nitrogen and oxygen atoms in total. The highest BCUT2D eigenvalue weighted by molar-refractivity contribution is 5.28. The van der Waals surface area contributed by atoms with Crippen LogP contribution in [-0.2, 0) is 11.3 Å². The first-order valence-corrected chi connectivity index (χ1v) is 7.71. The lowest BCUT2D eigenvalue weighted by Gasteiger charge is -2.32. The van der Waals surface area contributed by atoms with Crippen LogP contribution in [0.1, 0.15) is 31.9 Å². The predicted octanol–water partition coefficient (Wildman–Crippen LogP) is 2.12. The first-order valence-electron chi connectivity index (χ1n) is 7.71. The molecule has 20 heavy (non-hydrogen) atoms. The maximum atomic E-state index is 5.08. The Balaban J connectivity index is 1.93. The van der Waals surface area contributed by atoms with Crippen molar-refractivity contribution in [2.75, 3.05) is 38.7 Å². The number of aryl methyl sites for hydroxylation is 1. The number of imidazole rings is 1. The topological polar surface area (TPSA) is 42.3 Å². The van der Waals surface area contributed by atoms with Gasteiger partial charge in [-0.3, -0.25) is 4.90 Å². The predicted molar refractivity (Wildman–Crippen MR) is 82.2 cm³/mol. The summed E-state index contributed by atoms with van der Waals surface area (Å²) in [6.45, 7) is 9.33. The molecule has 1 atom stereocenters. The van der Waals surface area contributed by atoms with E-state index in [9.17, 15) is 0 Å². The number of methoxy groups -OCH3 is 1. The van der Waals surface area contributed by atoms with E-state index in [2.05, 4.69) is 32.9 Å². The van der Waals surface area contributed by atoms with E-state index >= 15 is 0 Å². The van der Waals surface area contributed by atoms with E-state index in [1.165, 1.54) is 32.4 Å². The van der Waals surface area contributed by atoms with Crippen LogP contribution in [0, 0.1) is 6.92 Å². The molecule has 1 aliphatic heterocycles. The van der Waals surface area contributed by atoms with Gasteiger partial charge in [0.15, 0.2) is 0 Å². The van der Waals surface area contributed by atoms with Crippen molar-refractivity contribution >= 4 is 5.95 Å². The van der Waals surface area contributed by atoms with Gasteiger partial charge in [-0.1, -0.05) is 6.42 Å². The van der Waals surface area contributed by atoms with Crippen molar-refractivity contribution in [2.24, 2.45) is 0 Å². The van der Waals surface area contributed by atoms with Crippen LogP contribution < -0.4 is 5.32 Å². The molecule has 0 aromatic carbocycles. The molecule has 0 aliphatic carbocycles. The minimum Gasteiger partial charge on any atom is -0.383 e. The Hall–Kier alpha value is -1.07. The number of aromatic nitrogens is 2. The summed E-state index contributed by atoms with van der Waals surface area (Å²) in [4.78, 5) is 7.15. The summed E-state index contributed by atoms with van der Waals surface area (Å²) in [5.74, 6) is 0.961. The second-order valence-corrected chi connectivity index (χ2v) is 5.72. The summed E-state index contributed by atoms with van der Waals surface area (Å²) in [6.07, 6.45) is 6.20. The van der Waals surface area contributed by atoms with E-state index in [1.807, 2.05) is 6.92 Å². The van der Waals surface area contributed by atoms with Crippen molar-refractivity contribution in [3.63, 3.8) is 0 Å². The zero-order valence-corrected chi connectivity index (χ0v) is 13.1. The van der Waals surface area contributed by atoms with Gasteiger partial charge in [-0.25, -0.2) is 4.98 Å². The van der Waals surface area contributed by atoms with Gasteiger partial charge in [0.1, 0.15) is 0 Å². The summed E-state index contributed by atoms with van der Waals surface area (Å²) < 4.78 is 7.32. The van der Waals surface area contributed by atoms with Gasteiger partial charge < -0.3 is 14.6 Å². The number of nitrogens with zero attached hydrogens (tertiary/aromatic N) is 3. The average molecular weight is 280 g/mol. The van der Waals surface area contributed by atoms with E-state index in [-0.39, 0.29) is 0 Å². The standard InChI is InChI=1S/C15H28N4O/c1-13-11-19(15(17-13)16-7-10-20-3)12-14(2)18-8-5-4-6-9-18/h11,14H,4-10,12H2,1-3H3,(H,16,17). The van der Waals surface area contributed by atoms with Gasteiger partial charge in [-0.2, -0.15) is 0 Å². The third-order valence-corrected chi connectivity index (χ3v) is 3.96. The van der Waals surface area contributed by atoms with Crippen LogP contribution >= 0.6 is 0 Å². The number of ether oxygens (including phenoxy) is 1. The lowest BCUT2D eigenvalue weighted by Crippen LogP contribution is -2.39. The first kappa shape index (κ1) is 15.3. The fourth-order valence-corrected chi connectivity index (χ4v) is 2.85. The fourth-order valence-electron chi connectivity index (χ4n) is 2.85. The van der Waals surface area contributed by atoms with Gasteiger partial charge in [0.25, 0.3) is 0 Å². The van der Waals surface area contributed by atoms with Crippen molar-refractivity contribution < 1.29 is 4.74 Å². The number of piperidine rings is 1. The smallest absolute Gasteiger partial charge is 0.203 e. The number of nitrogens with one attached hydrogen (secondary N) is 1. The van der Waals surface area contributed by atoms with Crippen LogP contribution in [-0.4, -0.2) is 53.8 Å². The van der Waals surface area contributed by atoms with Crippen LogP contribution in [0.5, 0.6) is 0 Å². The Kier molecular flexibility index (Phi) is 5.86. The van der Waals surface area contributed by atoms with Crippen molar-refractivity contribution in [3.05, 3.63) is 11.9 Å². The Morgan fingerprint density at radius 2 is 2.10 bits per heavy atom. The fraction of sp³-hybridized carbons (Fsp3) is 0.800. The molecule has 114 valence electrons. The molecule has 1 fully saturated rings. The molecule has 1 aromatic heterocycles. The van der Waals surface area contributed by atoms with Gasteiger partial charge in [0.05, 0.1) is 12.3 Å². The van der Waals surface area contributed by atoms with Crippen molar-refractivity contribution in [1.29, 1.82) is 0 Å². The van der Waals surface area contributed by atoms with Gasteiger partial charge in [0.2, 0.25) is 5.95 Å². The minimum atomic E-state index is 0.562. The highest BCUT2D eigenvalue weighted by Crippen LogP contribution is 2.16. The number of rotatable bonds is 7.